The maximum atomic E-state index is 12.1. The number of ether oxygens (including phenoxy) is 1. The highest BCUT2D eigenvalue weighted by Gasteiger charge is 2.16. The number of hydrogen-bond acceptors (Lipinski definition) is 4. The summed E-state index contributed by atoms with van der Waals surface area (Å²) < 4.78 is 5.08. The van der Waals surface area contributed by atoms with Gasteiger partial charge in [0.25, 0.3) is 5.91 Å². The molecule has 0 aliphatic heterocycles. The molecule has 2 aromatic rings. The van der Waals surface area contributed by atoms with Crippen molar-refractivity contribution in [1.29, 1.82) is 0 Å². The van der Waals surface area contributed by atoms with E-state index in [1.54, 1.807) is 30.3 Å². The van der Waals surface area contributed by atoms with Crippen molar-refractivity contribution in [3.05, 3.63) is 71.8 Å². The predicted octanol–water partition coefficient (Wildman–Crippen LogP) is 3.47. The van der Waals surface area contributed by atoms with E-state index in [9.17, 15) is 14.4 Å². The van der Waals surface area contributed by atoms with E-state index in [0.29, 0.717) is 11.3 Å². The largest absolute Gasteiger partial charge is 0.449 e. The second kappa shape index (κ2) is 8.59. The van der Waals surface area contributed by atoms with E-state index in [1.807, 2.05) is 30.3 Å². The first-order valence-electron chi connectivity index (χ1n) is 7.81. The highest BCUT2D eigenvalue weighted by atomic mass is 16.5. The lowest BCUT2D eigenvalue weighted by atomic mass is 10.1. The molecule has 1 N–H and O–H groups in total. The molecule has 0 unspecified atom stereocenters. The number of carbonyl (C=O) groups is 3. The summed E-state index contributed by atoms with van der Waals surface area (Å²) in [6, 6.07) is 15.8. The number of rotatable bonds is 6. The molecule has 25 heavy (non-hydrogen) atoms. The van der Waals surface area contributed by atoms with Gasteiger partial charge in [0.15, 0.2) is 11.9 Å². The molecule has 0 spiro atoms. The average Bonchev–Trinajstić information content (AvgIpc) is 2.61. The molecule has 5 heteroatoms. The number of esters is 1. The van der Waals surface area contributed by atoms with Gasteiger partial charge < -0.3 is 10.1 Å². The molecule has 0 aliphatic carbocycles. The molecule has 0 saturated carbocycles. The van der Waals surface area contributed by atoms with E-state index < -0.39 is 18.0 Å². The molecule has 0 fully saturated rings. The fourth-order valence-corrected chi connectivity index (χ4v) is 2.03. The van der Waals surface area contributed by atoms with E-state index in [0.717, 1.165) is 5.56 Å². The molecule has 0 heterocycles. The normalized spacial score (nSPS) is 11.8. The van der Waals surface area contributed by atoms with Gasteiger partial charge in [0.05, 0.1) is 0 Å². The minimum atomic E-state index is -0.944. The summed E-state index contributed by atoms with van der Waals surface area (Å²) in [6.07, 6.45) is 1.95. The fraction of sp³-hybridized carbons (Fsp3) is 0.150. The summed E-state index contributed by atoms with van der Waals surface area (Å²) in [5.41, 5.74) is 1.95. The molecule has 0 aromatic heterocycles. The summed E-state index contributed by atoms with van der Waals surface area (Å²) in [4.78, 5) is 35.1. The third-order valence-electron chi connectivity index (χ3n) is 3.43. The van der Waals surface area contributed by atoms with Crippen molar-refractivity contribution in [2.24, 2.45) is 0 Å². The Balaban J connectivity index is 1.88. The van der Waals surface area contributed by atoms with Crippen LogP contribution >= 0.6 is 0 Å². The lowest BCUT2D eigenvalue weighted by molar-refractivity contribution is -0.148. The monoisotopic (exact) mass is 337 g/mol. The number of amides is 1. The molecular formula is C20H19NO4. The Kier molecular flexibility index (Phi) is 6.23. The highest BCUT2D eigenvalue weighted by molar-refractivity contribution is 5.98. The van der Waals surface area contributed by atoms with Crippen molar-refractivity contribution in [3.63, 3.8) is 0 Å². The minimum absolute atomic E-state index is 0.0506. The SMILES string of the molecule is CC(=O)c1ccc(NC(=O)[C@@H](C)OC(=O)/C=C/c2ccccc2)cc1. The Morgan fingerprint density at radius 2 is 1.64 bits per heavy atom. The molecule has 128 valence electrons. The predicted molar refractivity (Wildman–Crippen MR) is 96.1 cm³/mol. The van der Waals surface area contributed by atoms with Gasteiger partial charge in [0, 0.05) is 17.3 Å². The van der Waals surface area contributed by atoms with Gasteiger partial charge in [0.1, 0.15) is 0 Å². The van der Waals surface area contributed by atoms with Crippen LogP contribution in [0.2, 0.25) is 0 Å². The number of hydrogen-bond donors (Lipinski definition) is 1. The zero-order valence-corrected chi connectivity index (χ0v) is 14.1. The Hall–Kier alpha value is -3.21. The third kappa shape index (κ3) is 5.73. The molecule has 0 bridgehead atoms. The first kappa shape index (κ1) is 18.1. The van der Waals surface area contributed by atoms with Gasteiger partial charge in [-0.05, 0) is 49.8 Å². The first-order valence-corrected chi connectivity index (χ1v) is 7.81. The summed E-state index contributed by atoms with van der Waals surface area (Å²) in [6.45, 7) is 2.96. The summed E-state index contributed by atoms with van der Waals surface area (Å²) in [5.74, 6) is -1.10. The Morgan fingerprint density at radius 3 is 2.24 bits per heavy atom. The van der Waals surface area contributed by atoms with Crippen molar-refractivity contribution >= 4 is 29.4 Å². The summed E-state index contributed by atoms with van der Waals surface area (Å²) in [5, 5.41) is 2.64. The number of Topliss-reactive ketones (excluding diaryl/α,β-unsaturated/α-hetero) is 1. The zero-order chi connectivity index (χ0) is 18.2. The number of nitrogens with one attached hydrogen (secondary N) is 1. The minimum Gasteiger partial charge on any atom is -0.449 e. The number of carbonyl (C=O) groups excluding carboxylic acids is 3. The zero-order valence-electron chi connectivity index (χ0n) is 14.1. The van der Waals surface area contributed by atoms with E-state index in [4.69, 9.17) is 4.74 Å². The van der Waals surface area contributed by atoms with Crippen LogP contribution in [-0.4, -0.2) is 23.8 Å². The third-order valence-corrected chi connectivity index (χ3v) is 3.43. The van der Waals surface area contributed by atoms with Crippen molar-refractivity contribution in [1.82, 2.24) is 0 Å². The van der Waals surface area contributed by atoms with Crippen LogP contribution in [0, 0.1) is 0 Å². The van der Waals surface area contributed by atoms with Gasteiger partial charge in [-0.25, -0.2) is 4.79 Å². The molecule has 0 aliphatic rings. The maximum absolute atomic E-state index is 12.1. The van der Waals surface area contributed by atoms with Crippen LogP contribution in [0.4, 0.5) is 5.69 Å². The van der Waals surface area contributed by atoms with Crippen LogP contribution in [0.1, 0.15) is 29.8 Å². The van der Waals surface area contributed by atoms with Crippen LogP contribution in [0.25, 0.3) is 6.08 Å². The van der Waals surface area contributed by atoms with Crippen molar-refractivity contribution < 1.29 is 19.1 Å². The highest BCUT2D eigenvalue weighted by Crippen LogP contribution is 2.11. The van der Waals surface area contributed by atoms with E-state index in [-0.39, 0.29) is 5.78 Å². The van der Waals surface area contributed by atoms with Gasteiger partial charge in [-0.2, -0.15) is 0 Å². The van der Waals surface area contributed by atoms with Crippen molar-refractivity contribution in [2.45, 2.75) is 20.0 Å². The Morgan fingerprint density at radius 1 is 1.00 bits per heavy atom. The lowest BCUT2D eigenvalue weighted by Gasteiger charge is -2.12. The van der Waals surface area contributed by atoms with Gasteiger partial charge in [0.2, 0.25) is 0 Å². The molecule has 2 aromatic carbocycles. The lowest BCUT2D eigenvalue weighted by Crippen LogP contribution is -2.29. The number of ketones is 1. The van der Waals surface area contributed by atoms with E-state index >= 15 is 0 Å². The van der Waals surface area contributed by atoms with E-state index in [2.05, 4.69) is 5.32 Å². The van der Waals surface area contributed by atoms with Crippen molar-refractivity contribution in [2.75, 3.05) is 5.32 Å². The molecule has 1 atom stereocenters. The first-order chi connectivity index (χ1) is 12.0. The molecule has 0 saturated heterocycles. The quantitative estimate of drug-likeness (QED) is 0.498. The Bertz CT molecular complexity index is 779. The summed E-state index contributed by atoms with van der Waals surface area (Å²) >= 11 is 0. The van der Waals surface area contributed by atoms with Crippen LogP contribution in [0.3, 0.4) is 0 Å². The second-order valence-electron chi connectivity index (χ2n) is 5.45. The molecule has 2 rings (SSSR count). The maximum Gasteiger partial charge on any atom is 0.331 e. The van der Waals surface area contributed by atoms with E-state index in [1.165, 1.54) is 19.9 Å². The second-order valence-corrected chi connectivity index (χ2v) is 5.45. The fourth-order valence-electron chi connectivity index (χ4n) is 2.03. The Labute approximate surface area is 146 Å². The van der Waals surface area contributed by atoms with Crippen LogP contribution < -0.4 is 5.32 Å². The van der Waals surface area contributed by atoms with Gasteiger partial charge in [-0.1, -0.05) is 30.3 Å². The standard InChI is InChI=1S/C20H19NO4/c1-14(22)17-9-11-18(12-10-17)21-20(24)15(2)25-19(23)13-8-16-6-4-3-5-7-16/h3-13,15H,1-2H3,(H,21,24)/b13-8+/t15-/m1/s1. The molecule has 5 nitrogen and oxygen atoms in total. The number of anilines is 1. The summed E-state index contributed by atoms with van der Waals surface area (Å²) in [7, 11) is 0. The van der Waals surface area contributed by atoms with Gasteiger partial charge in [-0.15, -0.1) is 0 Å². The molecular weight excluding hydrogens is 318 g/mol. The smallest absolute Gasteiger partial charge is 0.331 e. The van der Waals surface area contributed by atoms with Crippen LogP contribution in [0.5, 0.6) is 0 Å². The van der Waals surface area contributed by atoms with Crippen LogP contribution in [0.15, 0.2) is 60.7 Å². The van der Waals surface area contributed by atoms with Gasteiger partial charge >= 0.3 is 5.97 Å². The number of benzene rings is 2. The van der Waals surface area contributed by atoms with Gasteiger partial charge in [-0.3, -0.25) is 9.59 Å². The molecule has 1 amide bonds. The van der Waals surface area contributed by atoms with Crippen LogP contribution in [-0.2, 0) is 14.3 Å². The topological polar surface area (TPSA) is 72.5 Å². The molecule has 0 radical (unpaired) electrons. The average molecular weight is 337 g/mol. The van der Waals surface area contributed by atoms with Crippen molar-refractivity contribution in [3.8, 4) is 0 Å².